The van der Waals surface area contributed by atoms with Crippen LogP contribution in [-0.4, -0.2) is 25.8 Å². The molecule has 0 saturated heterocycles. The van der Waals surface area contributed by atoms with Crippen molar-refractivity contribution < 1.29 is 14.2 Å². The molecule has 3 nitrogen and oxygen atoms in total. The van der Waals surface area contributed by atoms with Gasteiger partial charge < -0.3 is 15.2 Å². The highest BCUT2D eigenvalue weighted by Gasteiger charge is 2.17. The van der Waals surface area contributed by atoms with Crippen LogP contribution in [0.5, 0.6) is 5.75 Å². The summed E-state index contributed by atoms with van der Waals surface area (Å²) in [5, 5.41) is 12.4. The fraction of sp³-hybridized carbons (Fsp3) is 0.400. The lowest BCUT2D eigenvalue weighted by atomic mass is 10.1. The SMILES string of the molecule is CNCC(O)c1ccc(OC)c(Br)c1F. The molecule has 0 amide bonds. The molecule has 0 radical (unpaired) electrons. The van der Waals surface area contributed by atoms with Crippen molar-refractivity contribution in [1.29, 1.82) is 0 Å². The second kappa shape index (κ2) is 5.44. The summed E-state index contributed by atoms with van der Waals surface area (Å²) in [5.41, 5.74) is 0.247. The van der Waals surface area contributed by atoms with E-state index in [2.05, 4.69) is 21.2 Å². The molecule has 5 heteroatoms. The number of hydrogen-bond donors (Lipinski definition) is 2. The smallest absolute Gasteiger partial charge is 0.146 e. The van der Waals surface area contributed by atoms with E-state index in [0.717, 1.165) is 0 Å². The fourth-order valence-electron chi connectivity index (χ4n) is 1.26. The second-order valence-electron chi connectivity index (χ2n) is 3.06. The minimum atomic E-state index is -0.864. The third-order valence-electron chi connectivity index (χ3n) is 2.05. The number of ether oxygens (including phenoxy) is 1. The van der Waals surface area contributed by atoms with E-state index in [0.29, 0.717) is 12.3 Å². The number of hydrogen-bond acceptors (Lipinski definition) is 3. The number of benzene rings is 1. The number of nitrogens with one attached hydrogen (secondary N) is 1. The summed E-state index contributed by atoms with van der Waals surface area (Å²) in [7, 11) is 3.16. The molecule has 0 heterocycles. The van der Waals surface area contributed by atoms with Gasteiger partial charge in [-0.15, -0.1) is 0 Å². The molecule has 1 aromatic rings. The Bertz CT molecular complexity index is 346. The first-order chi connectivity index (χ1) is 7.11. The highest BCUT2D eigenvalue weighted by atomic mass is 79.9. The molecule has 2 N–H and O–H groups in total. The zero-order chi connectivity index (χ0) is 11.4. The maximum Gasteiger partial charge on any atom is 0.146 e. The first-order valence-corrected chi connectivity index (χ1v) is 5.25. The second-order valence-corrected chi connectivity index (χ2v) is 3.85. The molecule has 1 aromatic carbocycles. The topological polar surface area (TPSA) is 41.5 Å². The van der Waals surface area contributed by atoms with Gasteiger partial charge in [-0.3, -0.25) is 0 Å². The van der Waals surface area contributed by atoms with Crippen LogP contribution in [0.25, 0.3) is 0 Å². The van der Waals surface area contributed by atoms with Gasteiger partial charge in [0.25, 0.3) is 0 Å². The largest absolute Gasteiger partial charge is 0.495 e. The van der Waals surface area contributed by atoms with Crippen molar-refractivity contribution in [3.63, 3.8) is 0 Å². The predicted octanol–water partition coefficient (Wildman–Crippen LogP) is 1.85. The van der Waals surface area contributed by atoms with Crippen LogP contribution in [0.2, 0.25) is 0 Å². The minimum Gasteiger partial charge on any atom is -0.495 e. The summed E-state index contributed by atoms with van der Waals surface area (Å²) in [6, 6.07) is 3.13. The molecule has 0 fully saturated rings. The van der Waals surface area contributed by atoms with E-state index in [4.69, 9.17) is 4.74 Å². The van der Waals surface area contributed by atoms with Crippen LogP contribution in [-0.2, 0) is 0 Å². The molecule has 1 atom stereocenters. The van der Waals surface area contributed by atoms with E-state index >= 15 is 0 Å². The average Bonchev–Trinajstić information content (AvgIpc) is 2.22. The Kier molecular flexibility index (Phi) is 4.50. The first kappa shape index (κ1) is 12.4. The average molecular weight is 278 g/mol. The summed E-state index contributed by atoms with van der Waals surface area (Å²) >= 11 is 3.08. The molecule has 1 rings (SSSR count). The molecule has 0 aliphatic heterocycles. The quantitative estimate of drug-likeness (QED) is 0.883. The molecule has 0 aliphatic rings. The van der Waals surface area contributed by atoms with Gasteiger partial charge in [-0.05, 0) is 35.1 Å². The Morgan fingerprint density at radius 2 is 2.27 bits per heavy atom. The van der Waals surface area contributed by atoms with Crippen molar-refractivity contribution in [3.05, 3.63) is 28.0 Å². The van der Waals surface area contributed by atoms with Crippen molar-refractivity contribution in [1.82, 2.24) is 5.32 Å². The Labute approximate surface area is 96.4 Å². The molecular formula is C10H13BrFNO2. The third kappa shape index (κ3) is 2.68. The monoisotopic (exact) mass is 277 g/mol. The van der Waals surface area contributed by atoms with Gasteiger partial charge in [-0.25, -0.2) is 4.39 Å². The molecule has 0 saturated carbocycles. The van der Waals surface area contributed by atoms with Crippen LogP contribution < -0.4 is 10.1 Å². The lowest BCUT2D eigenvalue weighted by molar-refractivity contribution is 0.172. The first-order valence-electron chi connectivity index (χ1n) is 4.46. The molecular weight excluding hydrogens is 265 g/mol. The van der Waals surface area contributed by atoms with E-state index in [1.807, 2.05) is 0 Å². The van der Waals surface area contributed by atoms with E-state index in [9.17, 15) is 9.50 Å². The molecule has 84 valence electrons. The number of aliphatic hydroxyl groups is 1. The van der Waals surface area contributed by atoms with Crippen LogP contribution in [0.4, 0.5) is 4.39 Å². The third-order valence-corrected chi connectivity index (χ3v) is 2.79. The van der Waals surface area contributed by atoms with Crippen molar-refractivity contribution >= 4 is 15.9 Å². The van der Waals surface area contributed by atoms with Crippen molar-refractivity contribution in [3.8, 4) is 5.75 Å². The summed E-state index contributed by atoms with van der Waals surface area (Å²) in [5.74, 6) is -0.0787. The van der Waals surface area contributed by atoms with Gasteiger partial charge in [0.05, 0.1) is 17.7 Å². The number of methoxy groups -OCH3 is 1. The zero-order valence-electron chi connectivity index (χ0n) is 8.55. The zero-order valence-corrected chi connectivity index (χ0v) is 10.1. The molecule has 0 aliphatic carbocycles. The number of halogens is 2. The lowest BCUT2D eigenvalue weighted by Crippen LogP contribution is -2.17. The van der Waals surface area contributed by atoms with Crippen molar-refractivity contribution in [2.24, 2.45) is 0 Å². The van der Waals surface area contributed by atoms with Gasteiger partial charge in [0.1, 0.15) is 11.6 Å². The van der Waals surface area contributed by atoms with E-state index in [-0.39, 0.29) is 10.0 Å². The number of likely N-dealkylation sites (N-methyl/N-ethyl adjacent to an activating group) is 1. The summed E-state index contributed by atoms with van der Waals surface area (Å²) in [6.45, 7) is 0.301. The van der Waals surface area contributed by atoms with Crippen LogP contribution in [0, 0.1) is 5.82 Å². The molecule has 1 unspecified atom stereocenters. The summed E-state index contributed by atoms with van der Waals surface area (Å²) in [6.07, 6.45) is -0.864. The summed E-state index contributed by atoms with van der Waals surface area (Å²) in [4.78, 5) is 0. The maximum atomic E-state index is 13.7. The Balaban J connectivity index is 3.06. The Morgan fingerprint density at radius 1 is 1.60 bits per heavy atom. The van der Waals surface area contributed by atoms with E-state index in [1.54, 1.807) is 13.1 Å². The number of aliphatic hydroxyl groups excluding tert-OH is 1. The van der Waals surface area contributed by atoms with Gasteiger partial charge in [0.2, 0.25) is 0 Å². The highest BCUT2D eigenvalue weighted by molar-refractivity contribution is 9.10. The van der Waals surface area contributed by atoms with Crippen LogP contribution >= 0.6 is 15.9 Å². The van der Waals surface area contributed by atoms with E-state index < -0.39 is 11.9 Å². The van der Waals surface area contributed by atoms with Crippen LogP contribution in [0.3, 0.4) is 0 Å². The minimum absolute atomic E-state index is 0.234. The molecule has 15 heavy (non-hydrogen) atoms. The van der Waals surface area contributed by atoms with Crippen LogP contribution in [0.15, 0.2) is 16.6 Å². The van der Waals surface area contributed by atoms with Gasteiger partial charge in [-0.2, -0.15) is 0 Å². The standard InChI is InChI=1S/C10H13BrFNO2/c1-13-5-7(14)6-3-4-8(15-2)9(11)10(6)12/h3-4,7,13-14H,5H2,1-2H3. The van der Waals surface area contributed by atoms with Gasteiger partial charge in [0.15, 0.2) is 0 Å². The predicted molar refractivity (Wildman–Crippen MR) is 59.5 cm³/mol. The highest BCUT2D eigenvalue weighted by Crippen LogP contribution is 2.31. The number of rotatable bonds is 4. The molecule has 0 aromatic heterocycles. The Morgan fingerprint density at radius 3 is 2.80 bits per heavy atom. The lowest BCUT2D eigenvalue weighted by Gasteiger charge is -2.13. The summed E-state index contributed by atoms with van der Waals surface area (Å²) < 4.78 is 18.9. The van der Waals surface area contributed by atoms with Crippen molar-refractivity contribution in [2.45, 2.75) is 6.10 Å². The maximum absolute atomic E-state index is 13.7. The van der Waals surface area contributed by atoms with E-state index in [1.165, 1.54) is 13.2 Å². The normalized spacial score (nSPS) is 12.6. The van der Waals surface area contributed by atoms with Gasteiger partial charge >= 0.3 is 0 Å². The van der Waals surface area contributed by atoms with Gasteiger partial charge in [-0.1, -0.05) is 0 Å². The Hall–Kier alpha value is -0.650. The molecule has 0 spiro atoms. The van der Waals surface area contributed by atoms with Crippen molar-refractivity contribution in [2.75, 3.05) is 20.7 Å². The van der Waals surface area contributed by atoms with Gasteiger partial charge in [0, 0.05) is 12.1 Å². The molecule has 0 bridgehead atoms. The fourth-order valence-corrected chi connectivity index (χ4v) is 1.79. The van der Waals surface area contributed by atoms with Crippen LogP contribution in [0.1, 0.15) is 11.7 Å².